The van der Waals surface area contributed by atoms with E-state index in [-0.39, 0.29) is 12.6 Å². The van der Waals surface area contributed by atoms with Gasteiger partial charge in [0, 0.05) is 32.2 Å². The predicted octanol–water partition coefficient (Wildman–Crippen LogP) is -1.23. The Labute approximate surface area is 74.7 Å². The van der Waals surface area contributed by atoms with Crippen LogP contribution in [0.2, 0.25) is 0 Å². The van der Waals surface area contributed by atoms with Gasteiger partial charge in [-0.15, -0.1) is 0 Å². The average Bonchev–Trinajstić information content (AvgIpc) is 2.10. The van der Waals surface area contributed by atoms with Crippen molar-refractivity contribution in [2.24, 2.45) is 0 Å². The number of likely N-dealkylation sites (N-methyl/N-ethyl adjacent to an activating group) is 1. The fraction of sp³-hybridized carbons (Fsp3) is 1.00. The first kappa shape index (κ1) is 11.8. The molecule has 0 aliphatic carbocycles. The third-order valence-corrected chi connectivity index (χ3v) is 1.62. The van der Waals surface area contributed by atoms with E-state index < -0.39 is 0 Å². The van der Waals surface area contributed by atoms with Crippen LogP contribution in [0.15, 0.2) is 0 Å². The van der Waals surface area contributed by atoms with Gasteiger partial charge in [-0.25, -0.2) is 0 Å². The predicted molar refractivity (Wildman–Crippen MR) is 51.3 cm³/mol. The summed E-state index contributed by atoms with van der Waals surface area (Å²) in [5, 5.41) is 18.2. The first-order valence-corrected chi connectivity index (χ1v) is 4.50. The van der Waals surface area contributed by atoms with Gasteiger partial charge in [-0.3, -0.25) is 0 Å². The molecule has 4 nitrogen and oxygen atoms in total. The molecule has 0 aliphatic rings. The Morgan fingerprint density at radius 1 is 1.17 bits per heavy atom. The molecule has 0 fully saturated rings. The highest BCUT2D eigenvalue weighted by Crippen LogP contribution is 1.74. The van der Waals surface area contributed by atoms with Crippen LogP contribution < -0.4 is 16.0 Å². The molecule has 1 unspecified atom stereocenters. The van der Waals surface area contributed by atoms with E-state index in [1.807, 2.05) is 14.0 Å². The molecule has 0 aromatic heterocycles. The molecule has 0 radical (unpaired) electrons. The maximum atomic E-state index is 8.68. The number of aliphatic hydroxyl groups excluding tert-OH is 1. The third kappa shape index (κ3) is 7.94. The minimum Gasteiger partial charge on any atom is -0.395 e. The molecule has 0 aliphatic heterocycles. The molecule has 0 rings (SSSR count). The second-order valence-electron chi connectivity index (χ2n) is 2.89. The van der Waals surface area contributed by atoms with Crippen molar-refractivity contribution in [3.8, 4) is 0 Å². The quantitative estimate of drug-likeness (QED) is 0.349. The van der Waals surface area contributed by atoms with Crippen molar-refractivity contribution in [2.45, 2.75) is 13.0 Å². The third-order valence-electron chi connectivity index (χ3n) is 1.62. The highest BCUT2D eigenvalue weighted by Gasteiger charge is 1.95. The Balaban J connectivity index is 2.90. The molecular weight excluding hydrogens is 154 g/mol. The van der Waals surface area contributed by atoms with E-state index in [0.29, 0.717) is 0 Å². The van der Waals surface area contributed by atoms with Crippen molar-refractivity contribution in [3.05, 3.63) is 0 Å². The van der Waals surface area contributed by atoms with Crippen molar-refractivity contribution in [1.29, 1.82) is 0 Å². The van der Waals surface area contributed by atoms with Gasteiger partial charge in [-0.2, -0.15) is 0 Å². The zero-order valence-electron chi connectivity index (χ0n) is 8.06. The smallest absolute Gasteiger partial charge is 0.0581 e. The monoisotopic (exact) mass is 175 g/mol. The molecule has 0 saturated carbocycles. The van der Waals surface area contributed by atoms with Crippen molar-refractivity contribution in [3.63, 3.8) is 0 Å². The van der Waals surface area contributed by atoms with Crippen molar-refractivity contribution < 1.29 is 5.11 Å². The Bertz CT molecular complexity index is 90.4. The topological polar surface area (TPSA) is 56.3 Å². The van der Waals surface area contributed by atoms with Crippen LogP contribution in [0.25, 0.3) is 0 Å². The summed E-state index contributed by atoms with van der Waals surface area (Å²) in [6.07, 6.45) is 0. The average molecular weight is 175 g/mol. The lowest BCUT2D eigenvalue weighted by Crippen LogP contribution is -2.36. The first-order valence-electron chi connectivity index (χ1n) is 4.50. The van der Waals surface area contributed by atoms with Crippen LogP contribution in [0.1, 0.15) is 6.92 Å². The zero-order valence-corrected chi connectivity index (χ0v) is 8.06. The number of aliphatic hydroxyl groups is 1. The van der Waals surface area contributed by atoms with Gasteiger partial charge < -0.3 is 21.1 Å². The second-order valence-corrected chi connectivity index (χ2v) is 2.89. The summed E-state index contributed by atoms with van der Waals surface area (Å²) in [6.45, 7) is 6.02. The van der Waals surface area contributed by atoms with E-state index in [4.69, 9.17) is 5.11 Å². The van der Waals surface area contributed by atoms with E-state index in [2.05, 4.69) is 16.0 Å². The summed E-state index contributed by atoms with van der Waals surface area (Å²) < 4.78 is 0. The van der Waals surface area contributed by atoms with Gasteiger partial charge in [-0.05, 0) is 14.0 Å². The number of hydrogen-bond acceptors (Lipinski definition) is 4. The summed E-state index contributed by atoms with van der Waals surface area (Å²) in [4.78, 5) is 0. The fourth-order valence-electron chi connectivity index (χ4n) is 0.810. The fourth-order valence-corrected chi connectivity index (χ4v) is 0.810. The minimum atomic E-state index is 0.205. The van der Waals surface area contributed by atoms with Crippen LogP contribution in [0.5, 0.6) is 0 Å². The van der Waals surface area contributed by atoms with Crippen molar-refractivity contribution in [2.75, 3.05) is 39.8 Å². The SMILES string of the molecule is CNCCNCCNC(C)CO. The van der Waals surface area contributed by atoms with E-state index >= 15 is 0 Å². The molecule has 0 amide bonds. The molecule has 12 heavy (non-hydrogen) atoms. The second kappa shape index (κ2) is 8.93. The Morgan fingerprint density at radius 3 is 2.42 bits per heavy atom. The Hall–Kier alpha value is -0.160. The summed E-state index contributed by atoms with van der Waals surface area (Å²) in [5.74, 6) is 0. The first-order chi connectivity index (χ1) is 5.81. The molecule has 0 saturated heterocycles. The molecule has 74 valence electrons. The van der Waals surface area contributed by atoms with Crippen LogP contribution in [0, 0.1) is 0 Å². The van der Waals surface area contributed by atoms with Crippen LogP contribution in [-0.4, -0.2) is 51.0 Å². The normalized spacial score (nSPS) is 13.2. The van der Waals surface area contributed by atoms with E-state index in [1.165, 1.54) is 0 Å². The summed E-state index contributed by atoms with van der Waals surface area (Å²) in [5.41, 5.74) is 0. The lowest BCUT2D eigenvalue weighted by atomic mass is 10.3. The van der Waals surface area contributed by atoms with E-state index in [9.17, 15) is 0 Å². The molecule has 1 atom stereocenters. The van der Waals surface area contributed by atoms with Crippen LogP contribution in [-0.2, 0) is 0 Å². The van der Waals surface area contributed by atoms with Crippen LogP contribution in [0.4, 0.5) is 0 Å². The van der Waals surface area contributed by atoms with E-state index in [1.54, 1.807) is 0 Å². The zero-order chi connectivity index (χ0) is 9.23. The molecule has 0 aromatic carbocycles. The number of nitrogens with one attached hydrogen (secondary N) is 3. The minimum absolute atomic E-state index is 0.205. The van der Waals surface area contributed by atoms with Gasteiger partial charge in [0.25, 0.3) is 0 Å². The van der Waals surface area contributed by atoms with Gasteiger partial charge in [0.15, 0.2) is 0 Å². The van der Waals surface area contributed by atoms with E-state index in [0.717, 1.165) is 26.2 Å². The van der Waals surface area contributed by atoms with Gasteiger partial charge >= 0.3 is 0 Å². The lowest BCUT2D eigenvalue weighted by molar-refractivity contribution is 0.252. The largest absolute Gasteiger partial charge is 0.395 e. The molecular formula is C8H21N3O. The van der Waals surface area contributed by atoms with Crippen molar-refractivity contribution in [1.82, 2.24) is 16.0 Å². The van der Waals surface area contributed by atoms with Crippen LogP contribution >= 0.6 is 0 Å². The lowest BCUT2D eigenvalue weighted by Gasteiger charge is -2.10. The molecule has 0 aromatic rings. The van der Waals surface area contributed by atoms with Gasteiger partial charge in [-0.1, -0.05) is 0 Å². The maximum absolute atomic E-state index is 8.68. The number of hydrogen-bond donors (Lipinski definition) is 4. The summed E-state index contributed by atoms with van der Waals surface area (Å²) in [6, 6.07) is 0.205. The molecule has 0 spiro atoms. The van der Waals surface area contributed by atoms with Gasteiger partial charge in [0.1, 0.15) is 0 Å². The maximum Gasteiger partial charge on any atom is 0.0581 e. The molecule has 0 bridgehead atoms. The summed E-state index contributed by atoms with van der Waals surface area (Å²) in [7, 11) is 1.94. The van der Waals surface area contributed by atoms with Gasteiger partial charge in [0.2, 0.25) is 0 Å². The van der Waals surface area contributed by atoms with Crippen LogP contribution in [0.3, 0.4) is 0 Å². The number of rotatable bonds is 8. The molecule has 0 heterocycles. The molecule has 4 N–H and O–H groups in total. The van der Waals surface area contributed by atoms with Crippen molar-refractivity contribution >= 4 is 0 Å². The standard InChI is InChI=1S/C8H21N3O/c1-8(7-12)11-6-5-10-4-3-9-2/h8-12H,3-7H2,1-2H3. The highest BCUT2D eigenvalue weighted by atomic mass is 16.3. The Morgan fingerprint density at radius 2 is 1.83 bits per heavy atom. The Kier molecular flexibility index (Phi) is 8.81. The highest BCUT2D eigenvalue weighted by molar-refractivity contribution is 4.59. The summed E-state index contributed by atoms with van der Waals surface area (Å²) >= 11 is 0. The van der Waals surface area contributed by atoms with Gasteiger partial charge in [0.05, 0.1) is 6.61 Å². The molecule has 4 heteroatoms.